The van der Waals surface area contributed by atoms with Crippen molar-refractivity contribution in [1.29, 1.82) is 0 Å². The predicted octanol–water partition coefficient (Wildman–Crippen LogP) is 1.89. The molecule has 0 aromatic carbocycles. The maximum atomic E-state index is 10.6. The first-order valence-corrected chi connectivity index (χ1v) is 3.16. The number of esters is 1. The van der Waals surface area contributed by atoms with Crippen LogP contribution in [0.25, 0.3) is 0 Å². The highest BCUT2D eigenvalue weighted by Gasteiger charge is 1.91. The summed E-state index contributed by atoms with van der Waals surface area (Å²) in [6.45, 7) is 7.22. The molecule has 0 saturated carbocycles. The van der Waals surface area contributed by atoms with E-state index in [4.69, 9.17) is 0 Å². The van der Waals surface area contributed by atoms with Gasteiger partial charge in [0.05, 0.1) is 6.26 Å². The second-order valence-electron chi connectivity index (χ2n) is 2.21. The normalized spacial score (nSPS) is 10.3. The summed E-state index contributed by atoms with van der Waals surface area (Å²) >= 11 is 0. The van der Waals surface area contributed by atoms with E-state index < -0.39 is 0 Å². The molecular weight excluding hydrogens is 128 g/mol. The van der Waals surface area contributed by atoms with Crippen LogP contribution in [-0.2, 0) is 9.53 Å². The third-order valence-electron chi connectivity index (χ3n) is 0.817. The highest BCUT2D eigenvalue weighted by atomic mass is 16.5. The van der Waals surface area contributed by atoms with Crippen molar-refractivity contribution >= 4 is 5.97 Å². The number of rotatable bonds is 3. The molecule has 0 atom stereocenters. The van der Waals surface area contributed by atoms with E-state index in [1.54, 1.807) is 6.08 Å². The van der Waals surface area contributed by atoms with Gasteiger partial charge in [0.15, 0.2) is 0 Å². The van der Waals surface area contributed by atoms with Crippen LogP contribution in [0.3, 0.4) is 0 Å². The van der Waals surface area contributed by atoms with Gasteiger partial charge in [-0.05, 0) is 5.92 Å². The largest absolute Gasteiger partial charge is 0.432 e. The van der Waals surface area contributed by atoms with Gasteiger partial charge < -0.3 is 4.74 Å². The second kappa shape index (κ2) is 4.79. The van der Waals surface area contributed by atoms with Crippen LogP contribution < -0.4 is 0 Å². The minimum Gasteiger partial charge on any atom is -0.432 e. The lowest BCUT2D eigenvalue weighted by atomic mass is 10.2. The summed E-state index contributed by atoms with van der Waals surface area (Å²) in [7, 11) is 0. The quantitative estimate of drug-likeness (QED) is 0.340. The topological polar surface area (TPSA) is 26.3 Å². The Morgan fingerprint density at radius 3 is 2.60 bits per heavy atom. The molecule has 0 heterocycles. The zero-order valence-electron chi connectivity index (χ0n) is 6.33. The molecule has 0 aromatic rings. The van der Waals surface area contributed by atoms with Crippen molar-refractivity contribution < 1.29 is 9.53 Å². The molecule has 2 nitrogen and oxygen atoms in total. The maximum absolute atomic E-state index is 10.6. The van der Waals surface area contributed by atoms with E-state index >= 15 is 0 Å². The number of ether oxygens (including phenoxy) is 1. The molecule has 0 amide bonds. The molecule has 0 aliphatic heterocycles. The fourth-order valence-corrected chi connectivity index (χ4v) is 0.392. The van der Waals surface area contributed by atoms with Crippen molar-refractivity contribution in [2.45, 2.75) is 13.8 Å². The predicted molar refractivity (Wildman–Crippen MR) is 40.3 cm³/mol. The standard InChI is InChI=1S/C8H12O2/c1-4-10-8(9)6-5-7(2)3/h4-7H,1H2,2-3H3. The van der Waals surface area contributed by atoms with Gasteiger partial charge in [-0.15, -0.1) is 0 Å². The van der Waals surface area contributed by atoms with Crippen molar-refractivity contribution in [3.63, 3.8) is 0 Å². The summed E-state index contributed by atoms with van der Waals surface area (Å²) in [6.07, 6.45) is 4.28. The molecule has 0 aliphatic rings. The average Bonchev–Trinajstić information content (AvgIpc) is 1.85. The molecule has 0 N–H and O–H groups in total. The Labute approximate surface area is 61.2 Å². The molecule has 0 radical (unpaired) electrons. The van der Waals surface area contributed by atoms with Crippen LogP contribution in [0, 0.1) is 5.92 Å². The average molecular weight is 140 g/mol. The van der Waals surface area contributed by atoms with Crippen LogP contribution >= 0.6 is 0 Å². The van der Waals surface area contributed by atoms with Gasteiger partial charge in [0.25, 0.3) is 0 Å². The highest BCUT2D eigenvalue weighted by molar-refractivity contribution is 5.82. The van der Waals surface area contributed by atoms with E-state index in [0.717, 1.165) is 6.26 Å². The Morgan fingerprint density at radius 1 is 1.60 bits per heavy atom. The Balaban J connectivity index is 3.66. The minimum absolute atomic E-state index is 0.372. The number of carbonyl (C=O) groups excluding carboxylic acids is 1. The molecule has 2 heteroatoms. The van der Waals surface area contributed by atoms with Crippen molar-refractivity contribution in [3.05, 3.63) is 25.0 Å². The molecule has 0 unspecified atom stereocenters. The SMILES string of the molecule is C=COC(=O)C=CC(C)C. The van der Waals surface area contributed by atoms with Gasteiger partial charge in [0.1, 0.15) is 0 Å². The lowest BCUT2D eigenvalue weighted by molar-refractivity contribution is -0.132. The van der Waals surface area contributed by atoms with Gasteiger partial charge in [-0.25, -0.2) is 4.79 Å². The van der Waals surface area contributed by atoms with Gasteiger partial charge in [0, 0.05) is 6.08 Å². The van der Waals surface area contributed by atoms with Crippen LogP contribution in [0.15, 0.2) is 25.0 Å². The molecular formula is C8H12O2. The zero-order valence-corrected chi connectivity index (χ0v) is 6.33. The van der Waals surface area contributed by atoms with E-state index in [0.29, 0.717) is 5.92 Å². The summed E-state index contributed by atoms with van der Waals surface area (Å²) in [6, 6.07) is 0. The number of carbonyl (C=O) groups is 1. The summed E-state index contributed by atoms with van der Waals surface area (Å²) < 4.78 is 4.43. The number of hydrogen-bond donors (Lipinski definition) is 0. The first-order chi connectivity index (χ1) is 4.66. The number of hydrogen-bond acceptors (Lipinski definition) is 2. The fraction of sp³-hybridized carbons (Fsp3) is 0.375. The second-order valence-corrected chi connectivity index (χ2v) is 2.21. The third-order valence-corrected chi connectivity index (χ3v) is 0.817. The fourth-order valence-electron chi connectivity index (χ4n) is 0.392. The van der Waals surface area contributed by atoms with E-state index in [1.807, 2.05) is 13.8 Å². The molecule has 0 aliphatic carbocycles. The van der Waals surface area contributed by atoms with Crippen LogP contribution in [0.1, 0.15) is 13.8 Å². The van der Waals surface area contributed by atoms with Crippen LogP contribution in [0.2, 0.25) is 0 Å². The Bertz CT molecular complexity index is 145. The molecule has 10 heavy (non-hydrogen) atoms. The van der Waals surface area contributed by atoms with E-state index in [2.05, 4.69) is 11.3 Å². The van der Waals surface area contributed by atoms with Gasteiger partial charge in [-0.1, -0.05) is 26.5 Å². The first-order valence-electron chi connectivity index (χ1n) is 3.16. The first kappa shape index (κ1) is 8.95. The monoisotopic (exact) mass is 140 g/mol. The van der Waals surface area contributed by atoms with Crippen LogP contribution in [-0.4, -0.2) is 5.97 Å². The van der Waals surface area contributed by atoms with Crippen molar-refractivity contribution in [1.82, 2.24) is 0 Å². The lowest BCUT2D eigenvalue weighted by Crippen LogP contribution is -1.93. The minimum atomic E-state index is -0.372. The van der Waals surface area contributed by atoms with Crippen molar-refractivity contribution in [2.75, 3.05) is 0 Å². The van der Waals surface area contributed by atoms with Gasteiger partial charge in [0.2, 0.25) is 0 Å². The van der Waals surface area contributed by atoms with Crippen molar-refractivity contribution in [3.8, 4) is 0 Å². The lowest BCUT2D eigenvalue weighted by Gasteiger charge is -1.92. The van der Waals surface area contributed by atoms with Crippen LogP contribution in [0.4, 0.5) is 0 Å². The summed E-state index contributed by atoms with van der Waals surface area (Å²) in [4.78, 5) is 10.6. The number of allylic oxidation sites excluding steroid dienone is 1. The van der Waals surface area contributed by atoms with Gasteiger partial charge in [-0.3, -0.25) is 0 Å². The zero-order chi connectivity index (χ0) is 7.98. The maximum Gasteiger partial charge on any atom is 0.335 e. The molecule has 0 aromatic heterocycles. The Morgan fingerprint density at radius 2 is 2.20 bits per heavy atom. The van der Waals surface area contributed by atoms with E-state index in [-0.39, 0.29) is 5.97 Å². The van der Waals surface area contributed by atoms with Gasteiger partial charge in [-0.2, -0.15) is 0 Å². The third kappa shape index (κ3) is 5.09. The Kier molecular flexibility index (Phi) is 4.29. The molecule has 0 saturated heterocycles. The summed E-state index contributed by atoms with van der Waals surface area (Å²) in [5.41, 5.74) is 0. The molecule has 0 bridgehead atoms. The summed E-state index contributed by atoms with van der Waals surface area (Å²) in [5, 5.41) is 0. The molecule has 0 rings (SSSR count). The smallest absolute Gasteiger partial charge is 0.335 e. The molecule has 0 fully saturated rings. The highest BCUT2D eigenvalue weighted by Crippen LogP contribution is 1.93. The van der Waals surface area contributed by atoms with E-state index in [9.17, 15) is 4.79 Å². The van der Waals surface area contributed by atoms with Crippen molar-refractivity contribution in [2.24, 2.45) is 5.92 Å². The van der Waals surface area contributed by atoms with E-state index in [1.165, 1.54) is 6.08 Å². The van der Waals surface area contributed by atoms with Crippen LogP contribution in [0.5, 0.6) is 0 Å². The molecule has 0 spiro atoms. The van der Waals surface area contributed by atoms with Gasteiger partial charge >= 0.3 is 5.97 Å². The summed E-state index contributed by atoms with van der Waals surface area (Å²) in [5.74, 6) is 0.000986. The Hall–Kier alpha value is -1.05. The molecule has 56 valence electrons.